The van der Waals surface area contributed by atoms with Gasteiger partial charge in [0.15, 0.2) is 0 Å². The van der Waals surface area contributed by atoms with Crippen LogP contribution in [0.2, 0.25) is 0 Å². The molecule has 1 atom stereocenters. The normalized spacial score (nSPS) is 21.4. The maximum Gasteiger partial charge on any atom is 0.257 e. The van der Waals surface area contributed by atoms with Crippen molar-refractivity contribution < 1.29 is 4.79 Å². The maximum atomic E-state index is 13.2. The predicted molar refractivity (Wildman–Crippen MR) is 102 cm³/mol. The van der Waals surface area contributed by atoms with Crippen LogP contribution >= 0.6 is 0 Å². The highest BCUT2D eigenvalue weighted by molar-refractivity contribution is 5.95. The monoisotopic (exact) mass is 369 g/mol. The van der Waals surface area contributed by atoms with E-state index in [1.807, 2.05) is 4.90 Å². The van der Waals surface area contributed by atoms with Gasteiger partial charge in [-0.15, -0.1) is 0 Å². The second-order valence-corrected chi connectivity index (χ2v) is 7.88. The third kappa shape index (κ3) is 3.82. The molecule has 2 aromatic heterocycles. The van der Waals surface area contributed by atoms with E-state index in [0.29, 0.717) is 18.3 Å². The van der Waals surface area contributed by atoms with E-state index in [4.69, 9.17) is 0 Å². The number of rotatable bonds is 3. The number of carbonyl (C=O) groups is 1. The third-order valence-electron chi connectivity index (χ3n) is 5.92. The summed E-state index contributed by atoms with van der Waals surface area (Å²) >= 11 is 0. The number of nitrogens with one attached hydrogen (secondary N) is 2. The molecule has 7 heteroatoms. The van der Waals surface area contributed by atoms with Crippen molar-refractivity contribution >= 4 is 5.91 Å². The second-order valence-electron chi connectivity index (χ2n) is 7.88. The summed E-state index contributed by atoms with van der Waals surface area (Å²) in [6.07, 6.45) is 9.52. The van der Waals surface area contributed by atoms with E-state index in [-0.39, 0.29) is 17.4 Å². The first-order valence-corrected chi connectivity index (χ1v) is 10.0. The molecule has 3 heterocycles. The second kappa shape index (κ2) is 7.66. The molecular formula is C20H27N5O2. The number of piperidine rings is 1. The first-order chi connectivity index (χ1) is 13.1. The molecule has 2 N–H and O–H groups in total. The van der Waals surface area contributed by atoms with Crippen LogP contribution in [0.4, 0.5) is 0 Å². The van der Waals surface area contributed by atoms with Crippen molar-refractivity contribution in [2.75, 3.05) is 13.1 Å². The summed E-state index contributed by atoms with van der Waals surface area (Å²) < 4.78 is 0. The fraction of sp³-hybridized carbons (Fsp3) is 0.600. The van der Waals surface area contributed by atoms with E-state index in [0.717, 1.165) is 49.2 Å². The Kier molecular flexibility index (Phi) is 5.09. The SMILES string of the molecule is Cc1nc([C@@H]2CCCN(C(=O)c3cn[nH]c3C3CCCCC3)C2)cc(=O)[nH]1. The summed E-state index contributed by atoms with van der Waals surface area (Å²) in [5.74, 6) is 1.19. The fourth-order valence-electron chi connectivity index (χ4n) is 4.55. The van der Waals surface area contributed by atoms with Crippen molar-refractivity contribution in [1.29, 1.82) is 0 Å². The molecule has 0 radical (unpaired) electrons. The zero-order chi connectivity index (χ0) is 18.8. The van der Waals surface area contributed by atoms with E-state index in [2.05, 4.69) is 20.2 Å². The molecule has 144 valence electrons. The summed E-state index contributed by atoms with van der Waals surface area (Å²) in [7, 11) is 0. The lowest BCUT2D eigenvalue weighted by atomic mass is 9.85. The number of aryl methyl sites for hydroxylation is 1. The van der Waals surface area contributed by atoms with E-state index >= 15 is 0 Å². The Morgan fingerprint density at radius 2 is 1.93 bits per heavy atom. The van der Waals surface area contributed by atoms with Crippen molar-refractivity contribution in [1.82, 2.24) is 25.1 Å². The van der Waals surface area contributed by atoms with Crippen molar-refractivity contribution in [3.63, 3.8) is 0 Å². The maximum absolute atomic E-state index is 13.2. The molecular weight excluding hydrogens is 342 g/mol. The Labute approximate surface area is 158 Å². The molecule has 0 unspecified atom stereocenters. The lowest BCUT2D eigenvalue weighted by Gasteiger charge is -2.33. The fourth-order valence-corrected chi connectivity index (χ4v) is 4.55. The minimum absolute atomic E-state index is 0.0515. The highest BCUT2D eigenvalue weighted by Gasteiger charge is 2.30. The number of carbonyl (C=O) groups excluding carboxylic acids is 1. The minimum atomic E-state index is -0.129. The number of aromatic nitrogens is 4. The molecule has 0 aromatic carbocycles. The standard InChI is InChI=1S/C20H27N5O2/c1-13-22-17(10-18(26)23-13)15-8-5-9-25(12-15)20(27)16-11-21-24-19(16)14-6-3-2-4-7-14/h10-11,14-15H,2-9,12H2,1H3,(H,21,24)(H,22,23,26)/t15-/m1/s1. The zero-order valence-electron chi connectivity index (χ0n) is 15.8. The molecule has 2 aromatic rings. The van der Waals surface area contributed by atoms with Crippen molar-refractivity contribution in [3.05, 3.63) is 45.4 Å². The molecule has 1 amide bonds. The number of likely N-dealkylation sites (tertiary alicyclic amines) is 1. The van der Waals surface area contributed by atoms with Crippen LogP contribution in [0, 0.1) is 6.92 Å². The number of H-pyrrole nitrogens is 2. The molecule has 1 saturated carbocycles. The average molecular weight is 369 g/mol. The number of hydrogen-bond acceptors (Lipinski definition) is 4. The summed E-state index contributed by atoms with van der Waals surface area (Å²) in [5, 5.41) is 7.28. The highest BCUT2D eigenvalue weighted by atomic mass is 16.2. The van der Waals surface area contributed by atoms with Gasteiger partial charge in [-0.05, 0) is 32.6 Å². The highest BCUT2D eigenvalue weighted by Crippen LogP contribution is 2.34. The molecule has 2 aliphatic rings. The smallest absolute Gasteiger partial charge is 0.257 e. The van der Waals surface area contributed by atoms with Gasteiger partial charge in [-0.25, -0.2) is 4.98 Å². The Balaban J connectivity index is 1.52. The van der Waals surface area contributed by atoms with E-state index < -0.39 is 0 Å². The van der Waals surface area contributed by atoms with Gasteiger partial charge < -0.3 is 9.88 Å². The first kappa shape index (κ1) is 17.9. The van der Waals surface area contributed by atoms with Crippen LogP contribution in [0.3, 0.4) is 0 Å². The van der Waals surface area contributed by atoms with Crippen LogP contribution in [0.25, 0.3) is 0 Å². The van der Waals surface area contributed by atoms with Crippen molar-refractivity contribution in [3.8, 4) is 0 Å². The largest absolute Gasteiger partial charge is 0.338 e. The van der Waals surface area contributed by atoms with Crippen molar-refractivity contribution in [2.45, 2.75) is 63.7 Å². The molecule has 2 fully saturated rings. The number of amides is 1. The van der Waals surface area contributed by atoms with Gasteiger partial charge in [-0.1, -0.05) is 19.3 Å². The Morgan fingerprint density at radius 3 is 2.70 bits per heavy atom. The predicted octanol–water partition coefficient (Wildman–Crippen LogP) is 2.87. The Bertz CT molecular complexity index is 865. The van der Waals surface area contributed by atoms with Gasteiger partial charge >= 0.3 is 0 Å². The summed E-state index contributed by atoms with van der Waals surface area (Å²) in [6.45, 7) is 3.13. The topological polar surface area (TPSA) is 94.7 Å². The van der Waals surface area contributed by atoms with Crippen LogP contribution in [0.5, 0.6) is 0 Å². The number of hydrogen-bond donors (Lipinski definition) is 2. The molecule has 1 aliphatic carbocycles. The minimum Gasteiger partial charge on any atom is -0.338 e. The van der Waals surface area contributed by atoms with Crippen LogP contribution < -0.4 is 5.56 Å². The van der Waals surface area contributed by atoms with Gasteiger partial charge in [-0.3, -0.25) is 14.7 Å². The summed E-state index contributed by atoms with van der Waals surface area (Å²) in [5.41, 5.74) is 2.38. The molecule has 7 nitrogen and oxygen atoms in total. The molecule has 0 spiro atoms. The van der Waals surface area contributed by atoms with Crippen LogP contribution in [-0.4, -0.2) is 44.1 Å². The van der Waals surface area contributed by atoms with Gasteiger partial charge in [0.2, 0.25) is 0 Å². The zero-order valence-corrected chi connectivity index (χ0v) is 15.8. The molecule has 0 bridgehead atoms. The van der Waals surface area contributed by atoms with E-state index in [1.54, 1.807) is 19.2 Å². The molecule has 27 heavy (non-hydrogen) atoms. The summed E-state index contributed by atoms with van der Waals surface area (Å²) in [4.78, 5) is 34.1. The van der Waals surface area contributed by atoms with Gasteiger partial charge in [0.25, 0.3) is 11.5 Å². The van der Waals surface area contributed by atoms with E-state index in [9.17, 15) is 9.59 Å². The van der Waals surface area contributed by atoms with Gasteiger partial charge in [0.05, 0.1) is 23.1 Å². The van der Waals surface area contributed by atoms with Gasteiger partial charge in [0, 0.05) is 31.0 Å². The van der Waals surface area contributed by atoms with Crippen molar-refractivity contribution in [2.24, 2.45) is 0 Å². The number of nitrogens with zero attached hydrogens (tertiary/aromatic N) is 3. The molecule has 4 rings (SSSR count). The number of aromatic amines is 2. The van der Waals surface area contributed by atoms with E-state index in [1.165, 1.54) is 19.3 Å². The Hall–Kier alpha value is -2.44. The molecule has 1 aliphatic heterocycles. The quantitative estimate of drug-likeness (QED) is 0.870. The van der Waals surface area contributed by atoms with Gasteiger partial charge in [0.1, 0.15) is 5.82 Å². The molecule has 1 saturated heterocycles. The lowest BCUT2D eigenvalue weighted by molar-refractivity contribution is 0.0704. The summed E-state index contributed by atoms with van der Waals surface area (Å²) in [6, 6.07) is 1.57. The Morgan fingerprint density at radius 1 is 1.15 bits per heavy atom. The first-order valence-electron chi connectivity index (χ1n) is 10.0. The lowest BCUT2D eigenvalue weighted by Crippen LogP contribution is -2.40. The van der Waals surface area contributed by atoms with Gasteiger partial charge in [-0.2, -0.15) is 5.10 Å². The van der Waals surface area contributed by atoms with Crippen LogP contribution in [-0.2, 0) is 0 Å². The van der Waals surface area contributed by atoms with Crippen LogP contribution in [0.15, 0.2) is 17.1 Å². The van der Waals surface area contributed by atoms with Crippen LogP contribution in [0.1, 0.15) is 84.4 Å². The average Bonchev–Trinajstić information content (AvgIpc) is 3.17. The third-order valence-corrected chi connectivity index (χ3v) is 5.92.